The van der Waals surface area contributed by atoms with E-state index in [1.165, 1.54) is 0 Å². The number of fused-ring (bicyclic) bond motifs is 1. The lowest BCUT2D eigenvalue weighted by Crippen LogP contribution is -2.28. The molecule has 1 atom stereocenters. The summed E-state index contributed by atoms with van der Waals surface area (Å²) in [5, 5.41) is 0. The summed E-state index contributed by atoms with van der Waals surface area (Å²) in [5.74, 6) is 1.73. The van der Waals surface area contributed by atoms with Gasteiger partial charge in [0.05, 0.1) is 0 Å². The maximum Gasteiger partial charge on any atom is 0.161 e. The van der Waals surface area contributed by atoms with Crippen molar-refractivity contribution < 1.29 is 9.47 Å². The van der Waals surface area contributed by atoms with Crippen molar-refractivity contribution in [3.8, 4) is 11.5 Å². The third-order valence-corrected chi connectivity index (χ3v) is 2.02. The van der Waals surface area contributed by atoms with Crippen LogP contribution in [0.4, 0.5) is 0 Å². The first-order chi connectivity index (χ1) is 5.90. The molecule has 1 aliphatic rings. The maximum atomic E-state index is 5.66. The van der Waals surface area contributed by atoms with Gasteiger partial charge in [-0.25, -0.2) is 0 Å². The molecule has 0 spiro atoms. The monoisotopic (exact) mass is 162 g/mol. The van der Waals surface area contributed by atoms with Crippen LogP contribution in [0.25, 0.3) is 0 Å². The molecular formula is C9H11BO2. The number of hydrogen-bond acceptors (Lipinski definition) is 2. The van der Waals surface area contributed by atoms with E-state index in [1.54, 1.807) is 0 Å². The molecule has 62 valence electrons. The van der Waals surface area contributed by atoms with E-state index in [1.807, 2.05) is 24.3 Å². The van der Waals surface area contributed by atoms with Crippen molar-refractivity contribution in [3.05, 3.63) is 24.3 Å². The third-order valence-electron chi connectivity index (χ3n) is 2.02. The number of rotatable bonds is 1. The third kappa shape index (κ3) is 1.27. The Balaban J connectivity index is 2.23. The standard InChI is InChI=1S/C9H11BO2/c10-5-7-6-11-8-3-1-2-4-9(8)12-7/h1-4,7H,5-6,10H2. The highest BCUT2D eigenvalue weighted by Gasteiger charge is 2.17. The van der Waals surface area contributed by atoms with Gasteiger partial charge in [0.25, 0.3) is 0 Å². The summed E-state index contributed by atoms with van der Waals surface area (Å²) < 4.78 is 11.2. The first kappa shape index (κ1) is 7.53. The minimum atomic E-state index is 0.222. The molecular weight excluding hydrogens is 151 g/mol. The highest BCUT2D eigenvalue weighted by Crippen LogP contribution is 2.31. The summed E-state index contributed by atoms with van der Waals surface area (Å²) in [5.41, 5.74) is 0. The van der Waals surface area contributed by atoms with Crippen LogP contribution in [-0.4, -0.2) is 20.6 Å². The van der Waals surface area contributed by atoms with Crippen molar-refractivity contribution >= 4 is 7.85 Å². The van der Waals surface area contributed by atoms with Crippen LogP contribution in [0.5, 0.6) is 11.5 Å². The second kappa shape index (κ2) is 3.09. The highest BCUT2D eigenvalue weighted by molar-refractivity contribution is 6.08. The minimum absolute atomic E-state index is 0.222. The zero-order chi connectivity index (χ0) is 8.39. The number of benzene rings is 1. The van der Waals surface area contributed by atoms with Crippen molar-refractivity contribution in [1.29, 1.82) is 0 Å². The van der Waals surface area contributed by atoms with Crippen LogP contribution in [0.3, 0.4) is 0 Å². The first-order valence-electron chi connectivity index (χ1n) is 4.28. The van der Waals surface area contributed by atoms with E-state index in [9.17, 15) is 0 Å². The summed E-state index contributed by atoms with van der Waals surface area (Å²) in [4.78, 5) is 0. The summed E-state index contributed by atoms with van der Waals surface area (Å²) in [6, 6.07) is 7.78. The Morgan fingerprint density at radius 3 is 2.83 bits per heavy atom. The molecule has 2 nitrogen and oxygen atoms in total. The van der Waals surface area contributed by atoms with Gasteiger partial charge in [0, 0.05) is 0 Å². The Morgan fingerprint density at radius 1 is 1.33 bits per heavy atom. The van der Waals surface area contributed by atoms with Crippen LogP contribution in [0.2, 0.25) is 6.32 Å². The van der Waals surface area contributed by atoms with Gasteiger partial charge in [-0.05, 0) is 18.5 Å². The van der Waals surface area contributed by atoms with Gasteiger partial charge in [-0.2, -0.15) is 0 Å². The Kier molecular flexibility index (Phi) is 1.94. The molecule has 3 heteroatoms. The molecule has 1 aliphatic heterocycles. The molecule has 1 aromatic rings. The van der Waals surface area contributed by atoms with Gasteiger partial charge in [-0.15, -0.1) is 0 Å². The van der Waals surface area contributed by atoms with Crippen molar-refractivity contribution in [2.75, 3.05) is 6.61 Å². The van der Waals surface area contributed by atoms with E-state index in [2.05, 4.69) is 7.85 Å². The maximum absolute atomic E-state index is 5.66. The van der Waals surface area contributed by atoms with Gasteiger partial charge >= 0.3 is 0 Å². The Hall–Kier alpha value is -1.12. The summed E-state index contributed by atoms with van der Waals surface area (Å²) in [7, 11) is 2.10. The Bertz CT molecular complexity index is 275. The highest BCUT2D eigenvalue weighted by atomic mass is 16.6. The van der Waals surface area contributed by atoms with E-state index in [0.717, 1.165) is 17.8 Å². The second-order valence-electron chi connectivity index (χ2n) is 2.91. The fourth-order valence-electron chi connectivity index (χ4n) is 1.26. The quantitative estimate of drug-likeness (QED) is 0.570. The first-order valence-corrected chi connectivity index (χ1v) is 4.28. The molecule has 0 radical (unpaired) electrons. The molecule has 0 bridgehead atoms. The largest absolute Gasteiger partial charge is 0.486 e. The van der Waals surface area contributed by atoms with E-state index in [0.29, 0.717) is 6.61 Å². The van der Waals surface area contributed by atoms with Crippen molar-refractivity contribution in [3.63, 3.8) is 0 Å². The van der Waals surface area contributed by atoms with Gasteiger partial charge in [0.1, 0.15) is 20.6 Å². The topological polar surface area (TPSA) is 18.5 Å². The van der Waals surface area contributed by atoms with Crippen LogP contribution in [0.15, 0.2) is 24.3 Å². The van der Waals surface area contributed by atoms with Gasteiger partial charge in [-0.1, -0.05) is 12.1 Å². The van der Waals surface area contributed by atoms with E-state index in [-0.39, 0.29) is 6.10 Å². The molecule has 0 saturated heterocycles. The Morgan fingerprint density at radius 2 is 2.08 bits per heavy atom. The van der Waals surface area contributed by atoms with E-state index in [4.69, 9.17) is 9.47 Å². The molecule has 0 amide bonds. The summed E-state index contributed by atoms with van der Waals surface area (Å²) in [6.45, 7) is 0.674. The normalized spacial score (nSPS) is 20.5. The zero-order valence-corrected chi connectivity index (χ0v) is 7.12. The lowest BCUT2D eigenvalue weighted by molar-refractivity contribution is 0.104. The van der Waals surface area contributed by atoms with Crippen LogP contribution in [0.1, 0.15) is 0 Å². The van der Waals surface area contributed by atoms with Crippen LogP contribution in [-0.2, 0) is 0 Å². The number of hydrogen-bond donors (Lipinski definition) is 0. The molecule has 2 rings (SSSR count). The van der Waals surface area contributed by atoms with Crippen molar-refractivity contribution in [1.82, 2.24) is 0 Å². The molecule has 0 saturated carbocycles. The molecule has 1 unspecified atom stereocenters. The average Bonchev–Trinajstić information content (AvgIpc) is 2.17. The molecule has 0 aromatic heterocycles. The smallest absolute Gasteiger partial charge is 0.161 e. The molecule has 12 heavy (non-hydrogen) atoms. The SMILES string of the molecule is BCC1COc2ccccc2O1. The fourth-order valence-corrected chi connectivity index (χ4v) is 1.26. The molecule has 0 N–H and O–H groups in total. The predicted octanol–water partition coefficient (Wildman–Crippen LogP) is 0.878. The van der Waals surface area contributed by atoms with Crippen LogP contribution < -0.4 is 9.47 Å². The molecule has 1 heterocycles. The molecule has 0 fully saturated rings. The van der Waals surface area contributed by atoms with Crippen molar-refractivity contribution in [2.45, 2.75) is 12.4 Å². The lowest BCUT2D eigenvalue weighted by Gasteiger charge is -2.25. The molecule has 1 aromatic carbocycles. The average molecular weight is 162 g/mol. The fraction of sp³-hybridized carbons (Fsp3) is 0.333. The summed E-state index contributed by atoms with van der Waals surface area (Å²) >= 11 is 0. The second-order valence-corrected chi connectivity index (χ2v) is 2.91. The van der Waals surface area contributed by atoms with Crippen molar-refractivity contribution in [2.24, 2.45) is 0 Å². The van der Waals surface area contributed by atoms with E-state index < -0.39 is 0 Å². The predicted molar refractivity (Wildman–Crippen MR) is 49.7 cm³/mol. The number of para-hydroxylation sites is 2. The summed E-state index contributed by atoms with van der Waals surface area (Å²) in [6.07, 6.45) is 1.22. The van der Waals surface area contributed by atoms with E-state index >= 15 is 0 Å². The van der Waals surface area contributed by atoms with Gasteiger partial charge in [0.2, 0.25) is 0 Å². The van der Waals surface area contributed by atoms with Gasteiger partial charge in [-0.3, -0.25) is 0 Å². The zero-order valence-electron chi connectivity index (χ0n) is 7.12. The van der Waals surface area contributed by atoms with Crippen LogP contribution in [0, 0.1) is 0 Å². The molecule has 0 aliphatic carbocycles. The lowest BCUT2D eigenvalue weighted by atomic mass is 9.99. The Labute approximate surface area is 72.9 Å². The van der Waals surface area contributed by atoms with Gasteiger partial charge < -0.3 is 9.47 Å². The minimum Gasteiger partial charge on any atom is -0.486 e. The van der Waals surface area contributed by atoms with Gasteiger partial charge in [0.15, 0.2) is 11.5 Å². The number of ether oxygens (including phenoxy) is 2. The van der Waals surface area contributed by atoms with Crippen LogP contribution >= 0.6 is 0 Å².